The number of amides is 1. The summed E-state index contributed by atoms with van der Waals surface area (Å²) in [6, 6.07) is 14.3. The van der Waals surface area contributed by atoms with Crippen molar-refractivity contribution in [3.8, 4) is 11.1 Å². The van der Waals surface area contributed by atoms with Crippen LogP contribution < -0.4 is 5.32 Å². The lowest BCUT2D eigenvalue weighted by Crippen LogP contribution is -2.13. The lowest BCUT2D eigenvalue weighted by Gasteiger charge is -2.07. The average Bonchev–Trinajstić information content (AvgIpc) is 2.82. The standard InChI is InChI=1S/C17H15NO2/c1-2-9-20-17(19)18-14-7-8-16-13(11-14)10-12-5-3-4-6-15(12)16/h2-8,11H,1,9-10H2,(H,18,19). The zero-order chi connectivity index (χ0) is 13.9. The molecule has 0 aromatic heterocycles. The first kappa shape index (κ1) is 12.5. The molecule has 1 aliphatic carbocycles. The van der Waals surface area contributed by atoms with Crippen molar-refractivity contribution < 1.29 is 9.53 Å². The molecule has 0 spiro atoms. The molecule has 3 rings (SSSR count). The third-order valence-electron chi connectivity index (χ3n) is 3.37. The fourth-order valence-electron chi connectivity index (χ4n) is 2.51. The van der Waals surface area contributed by atoms with E-state index in [-0.39, 0.29) is 6.61 Å². The van der Waals surface area contributed by atoms with Crippen LogP contribution in [0, 0.1) is 0 Å². The van der Waals surface area contributed by atoms with E-state index in [0.29, 0.717) is 0 Å². The van der Waals surface area contributed by atoms with Gasteiger partial charge in [0.15, 0.2) is 0 Å². The van der Waals surface area contributed by atoms with Crippen molar-refractivity contribution in [1.29, 1.82) is 0 Å². The average molecular weight is 265 g/mol. The van der Waals surface area contributed by atoms with Crippen molar-refractivity contribution in [3.63, 3.8) is 0 Å². The molecule has 100 valence electrons. The van der Waals surface area contributed by atoms with Crippen LogP contribution >= 0.6 is 0 Å². The number of rotatable bonds is 3. The van der Waals surface area contributed by atoms with Gasteiger partial charge in [0.1, 0.15) is 6.61 Å². The zero-order valence-electron chi connectivity index (χ0n) is 11.1. The summed E-state index contributed by atoms with van der Waals surface area (Å²) in [5, 5.41) is 2.72. The molecule has 2 aromatic rings. The second-order valence-corrected chi connectivity index (χ2v) is 4.72. The highest BCUT2D eigenvalue weighted by molar-refractivity contribution is 5.87. The van der Waals surface area contributed by atoms with Crippen LogP contribution in [0.4, 0.5) is 10.5 Å². The van der Waals surface area contributed by atoms with Crippen LogP contribution in [0.5, 0.6) is 0 Å². The van der Waals surface area contributed by atoms with Crippen molar-refractivity contribution in [2.24, 2.45) is 0 Å². The number of benzene rings is 2. The van der Waals surface area contributed by atoms with Gasteiger partial charge in [-0.1, -0.05) is 43.0 Å². The summed E-state index contributed by atoms with van der Waals surface area (Å²) in [6.07, 6.45) is 1.99. The maximum absolute atomic E-state index is 11.5. The normalized spacial score (nSPS) is 11.4. The van der Waals surface area contributed by atoms with Crippen LogP contribution in [0.2, 0.25) is 0 Å². The van der Waals surface area contributed by atoms with E-state index in [2.05, 4.69) is 30.1 Å². The second-order valence-electron chi connectivity index (χ2n) is 4.72. The molecule has 0 bridgehead atoms. The fourth-order valence-corrected chi connectivity index (χ4v) is 2.51. The first-order valence-corrected chi connectivity index (χ1v) is 6.54. The highest BCUT2D eigenvalue weighted by Gasteiger charge is 2.18. The quantitative estimate of drug-likeness (QED) is 0.727. The number of carbonyl (C=O) groups is 1. The summed E-state index contributed by atoms with van der Waals surface area (Å²) < 4.78 is 4.91. The summed E-state index contributed by atoms with van der Waals surface area (Å²) in [7, 11) is 0. The van der Waals surface area contributed by atoms with Crippen molar-refractivity contribution in [2.75, 3.05) is 11.9 Å². The summed E-state index contributed by atoms with van der Waals surface area (Å²) in [5.74, 6) is 0. The minimum atomic E-state index is -0.458. The second kappa shape index (κ2) is 5.21. The number of hydrogen-bond acceptors (Lipinski definition) is 2. The number of nitrogens with one attached hydrogen (secondary N) is 1. The van der Waals surface area contributed by atoms with Gasteiger partial charge in [-0.25, -0.2) is 4.79 Å². The summed E-state index contributed by atoms with van der Waals surface area (Å²) in [5.41, 5.74) is 5.83. The highest BCUT2D eigenvalue weighted by Crippen LogP contribution is 2.37. The molecule has 2 aromatic carbocycles. The van der Waals surface area contributed by atoms with Crippen LogP contribution in [0.1, 0.15) is 11.1 Å². The van der Waals surface area contributed by atoms with E-state index < -0.39 is 6.09 Å². The van der Waals surface area contributed by atoms with Crippen molar-refractivity contribution in [3.05, 3.63) is 66.2 Å². The van der Waals surface area contributed by atoms with E-state index in [9.17, 15) is 4.79 Å². The third kappa shape index (κ3) is 2.30. The summed E-state index contributed by atoms with van der Waals surface area (Å²) in [6.45, 7) is 3.72. The molecule has 1 aliphatic rings. The largest absolute Gasteiger partial charge is 0.445 e. The van der Waals surface area contributed by atoms with E-state index in [1.165, 1.54) is 22.3 Å². The van der Waals surface area contributed by atoms with Gasteiger partial charge in [0.25, 0.3) is 0 Å². The van der Waals surface area contributed by atoms with Gasteiger partial charge in [0.2, 0.25) is 0 Å². The van der Waals surface area contributed by atoms with Gasteiger partial charge in [-0.05, 0) is 40.8 Å². The third-order valence-corrected chi connectivity index (χ3v) is 3.37. The predicted molar refractivity (Wildman–Crippen MR) is 79.9 cm³/mol. The summed E-state index contributed by atoms with van der Waals surface area (Å²) >= 11 is 0. The first-order valence-electron chi connectivity index (χ1n) is 6.54. The van der Waals surface area contributed by atoms with Gasteiger partial charge in [-0.15, -0.1) is 0 Å². The molecular weight excluding hydrogens is 250 g/mol. The molecule has 0 saturated heterocycles. The van der Waals surface area contributed by atoms with Gasteiger partial charge in [-0.3, -0.25) is 5.32 Å². The van der Waals surface area contributed by atoms with Gasteiger partial charge < -0.3 is 4.74 Å². The summed E-state index contributed by atoms with van der Waals surface area (Å²) in [4.78, 5) is 11.5. The van der Waals surface area contributed by atoms with Crippen LogP contribution in [-0.4, -0.2) is 12.7 Å². The van der Waals surface area contributed by atoms with Gasteiger partial charge in [0.05, 0.1) is 0 Å². The molecule has 0 unspecified atom stereocenters. The Balaban J connectivity index is 1.80. The molecule has 3 heteroatoms. The zero-order valence-corrected chi connectivity index (χ0v) is 11.1. The van der Waals surface area contributed by atoms with Crippen LogP contribution in [0.15, 0.2) is 55.1 Å². The van der Waals surface area contributed by atoms with E-state index in [4.69, 9.17) is 4.74 Å². The van der Waals surface area contributed by atoms with Gasteiger partial charge in [-0.2, -0.15) is 0 Å². The van der Waals surface area contributed by atoms with Crippen LogP contribution in [-0.2, 0) is 11.2 Å². The SMILES string of the molecule is C=CCOC(=O)Nc1ccc2c(c1)Cc1ccccc1-2. The molecule has 0 fully saturated rings. The van der Waals surface area contributed by atoms with E-state index in [1.54, 1.807) is 6.08 Å². The Morgan fingerprint density at radius 1 is 1.20 bits per heavy atom. The lowest BCUT2D eigenvalue weighted by molar-refractivity contribution is 0.174. The molecule has 1 N–H and O–H groups in total. The Labute approximate surface area is 117 Å². The van der Waals surface area contributed by atoms with E-state index in [0.717, 1.165) is 12.1 Å². The number of fused-ring (bicyclic) bond motifs is 3. The van der Waals surface area contributed by atoms with Crippen molar-refractivity contribution in [1.82, 2.24) is 0 Å². The molecule has 0 radical (unpaired) electrons. The molecular formula is C17H15NO2. The smallest absolute Gasteiger partial charge is 0.411 e. The van der Waals surface area contributed by atoms with Crippen molar-refractivity contribution in [2.45, 2.75) is 6.42 Å². The van der Waals surface area contributed by atoms with Crippen LogP contribution in [0.3, 0.4) is 0 Å². The predicted octanol–water partition coefficient (Wildman–Crippen LogP) is 3.99. The fraction of sp³-hybridized carbons (Fsp3) is 0.118. The lowest BCUT2D eigenvalue weighted by atomic mass is 10.1. The molecule has 1 amide bonds. The van der Waals surface area contributed by atoms with E-state index >= 15 is 0 Å². The molecule has 20 heavy (non-hydrogen) atoms. The van der Waals surface area contributed by atoms with Crippen LogP contribution in [0.25, 0.3) is 11.1 Å². The Morgan fingerprint density at radius 3 is 2.85 bits per heavy atom. The Kier molecular flexibility index (Phi) is 3.25. The minimum Gasteiger partial charge on any atom is -0.445 e. The maximum Gasteiger partial charge on any atom is 0.411 e. The Hall–Kier alpha value is -2.55. The Bertz CT molecular complexity index is 676. The molecule has 0 aliphatic heterocycles. The van der Waals surface area contributed by atoms with Gasteiger partial charge >= 0.3 is 6.09 Å². The number of hydrogen-bond donors (Lipinski definition) is 1. The molecule has 0 heterocycles. The molecule has 3 nitrogen and oxygen atoms in total. The minimum absolute atomic E-state index is 0.211. The maximum atomic E-state index is 11.5. The molecule has 0 atom stereocenters. The molecule has 0 saturated carbocycles. The number of ether oxygens (including phenoxy) is 1. The topological polar surface area (TPSA) is 38.3 Å². The number of anilines is 1. The Morgan fingerprint density at radius 2 is 2.00 bits per heavy atom. The highest BCUT2D eigenvalue weighted by atomic mass is 16.5. The monoisotopic (exact) mass is 265 g/mol. The van der Waals surface area contributed by atoms with E-state index in [1.807, 2.05) is 24.3 Å². The van der Waals surface area contributed by atoms with Gasteiger partial charge in [0, 0.05) is 5.69 Å². The van der Waals surface area contributed by atoms with Crippen molar-refractivity contribution >= 4 is 11.8 Å². The first-order chi connectivity index (χ1) is 9.78. The number of carbonyl (C=O) groups excluding carboxylic acids is 1.